The van der Waals surface area contributed by atoms with Gasteiger partial charge in [-0.15, -0.1) is 0 Å². The Morgan fingerprint density at radius 3 is 2.42 bits per heavy atom. The zero-order valence-electron chi connectivity index (χ0n) is 10.5. The Labute approximate surface area is 108 Å². The van der Waals surface area contributed by atoms with Gasteiger partial charge in [-0.05, 0) is 24.1 Å². The fourth-order valence-corrected chi connectivity index (χ4v) is 1.33. The van der Waals surface area contributed by atoms with E-state index in [-0.39, 0.29) is 11.6 Å². The van der Waals surface area contributed by atoms with Crippen LogP contribution in [-0.4, -0.2) is 17.1 Å². The molecule has 7 heteroatoms. The first-order valence-electron chi connectivity index (χ1n) is 5.59. The maximum Gasteiger partial charge on any atom is 0.416 e. The number of anilines is 1. The molecule has 0 heterocycles. The van der Waals surface area contributed by atoms with E-state index in [2.05, 4.69) is 5.32 Å². The molecule has 0 aromatic heterocycles. The number of rotatable bonds is 3. The number of carbonyl (C=O) groups is 1. The Bertz CT molecular complexity index is 473. The van der Waals surface area contributed by atoms with E-state index in [0.29, 0.717) is 6.07 Å². The van der Waals surface area contributed by atoms with Crippen LogP contribution in [0.1, 0.15) is 19.4 Å². The largest absolute Gasteiger partial charge is 0.506 e. The van der Waals surface area contributed by atoms with Crippen molar-refractivity contribution in [1.82, 2.24) is 0 Å². The lowest BCUT2D eigenvalue weighted by molar-refractivity contribution is -0.137. The number of aromatic hydroxyl groups is 1. The number of amides is 1. The van der Waals surface area contributed by atoms with E-state index >= 15 is 0 Å². The van der Waals surface area contributed by atoms with Crippen molar-refractivity contribution >= 4 is 11.6 Å². The molecule has 0 saturated carbocycles. The number of alkyl halides is 3. The number of nitrogens with two attached hydrogens (primary N) is 1. The van der Waals surface area contributed by atoms with Crippen LogP contribution in [-0.2, 0) is 11.0 Å². The highest BCUT2D eigenvalue weighted by Gasteiger charge is 2.31. The average Bonchev–Trinajstić information content (AvgIpc) is 2.29. The van der Waals surface area contributed by atoms with E-state index in [4.69, 9.17) is 5.73 Å². The molecule has 0 spiro atoms. The molecule has 1 aromatic rings. The predicted molar refractivity (Wildman–Crippen MR) is 64.6 cm³/mol. The number of carbonyl (C=O) groups excluding carboxylic acids is 1. The maximum atomic E-state index is 12.5. The lowest BCUT2D eigenvalue weighted by atomic mass is 10.0. The minimum atomic E-state index is -4.55. The molecule has 0 radical (unpaired) electrons. The molecule has 0 unspecified atom stereocenters. The Hall–Kier alpha value is -1.76. The maximum absolute atomic E-state index is 12.5. The van der Waals surface area contributed by atoms with Gasteiger partial charge in [0.2, 0.25) is 5.91 Å². The van der Waals surface area contributed by atoms with Gasteiger partial charge in [0.05, 0.1) is 17.3 Å². The number of nitrogens with one attached hydrogen (secondary N) is 1. The molecular weight excluding hydrogens is 261 g/mol. The van der Waals surface area contributed by atoms with Gasteiger partial charge in [0.15, 0.2) is 0 Å². The molecule has 1 rings (SSSR count). The number of phenols is 1. The van der Waals surface area contributed by atoms with Crippen LogP contribution in [0.25, 0.3) is 0 Å². The van der Waals surface area contributed by atoms with Crippen molar-refractivity contribution in [1.29, 1.82) is 0 Å². The molecule has 106 valence electrons. The van der Waals surface area contributed by atoms with E-state index in [9.17, 15) is 23.1 Å². The highest BCUT2D eigenvalue weighted by Crippen LogP contribution is 2.34. The predicted octanol–water partition coefficient (Wildman–Crippen LogP) is 2.33. The van der Waals surface area contributed by atoms with Gasteiger partial charge in [0.1, 0.15) is 5.75 Å². The Morgan fingerprint density at radius 2 is 1.95 bits per heavy atom. The van der Waals surface area contributed by atoms with Crippen LogP contribution in [0, 0.1) is 5.92 Å². The van der Waals surface area contributed by atoms with E-state index in [0.717, 1.165) is 12.1 Å². The van der Waals surface area contributed by atoms with Crippen molar-refractivity contribution < 1.29 is 23.1 Å². The molecule has 0 aliphatic rings. The van der Waals surface area contributed by atoms with Gasteiger partial charge in [0.25, 0.3) is 0 Å². The van der Waals surface area contributed by atoms with Gasteiger partial charge in [-0.2, -0.15) is 13.2 Å². The van der Waals surface area contributed by atoms with Crippen molar-refractivity contribution in [3.63, 3.8) is 0 Å². The van der Waals surface area contributed by atoms with Crippen molar-refractivity contribution in [2.24, 2.45) is 11.7 Å². The molecule has 19 heavy (non-hydrogen) atoms. The summed E-state index contributed by atoms with van der Waals surface area (Å²) >= 11 is 0. The summed E-state index contributed by atoms with van der Waals surface area (Å²) in [7, 11) is 0. The number of hydrogen-bond acceptors (Lipinski definition) is 3. The molecule has 4 N–H and O–H groups in total. The zero-order chi connectivity index (χ0) is 14.8. The lowest BCUT2D eigenvalue weighted by Crippen LogP contribution is -2.39. The van der Waals surface area contributed by atoms with Crippen LogP contribution in [0.5, 0.6) is 5.75 Å². The second-order valence-electron chi connectivity index (χ2n) is 4.49. The molecule has 1 amide bonds. The molecule has 1 atom stereocenters. The Kier molecular flexibility index (Phi) is 4.41. The summed E-state index contributed by atoms with van der Waals surface area (Å²) in [4.78, 5) is 11.6. The van der Waals surface area contributed by atoms with Gasteiger partial charge in [-0.25, -0.2) is 0 Å². The second-order valence-corrected chi connectivity index (χ2v) is 4.49. The molecular formula is C12H15F3N2O2. The van der Waals surface area contributed by atoms with E-state index < -0.39 is 29.4 Å². The van der Waals surface area contributed by atoms with Crippen LogP contribution >= 0.6 is 0 Å². The second kappa shape index (κ2) is 5.48. The van der Waals surface area contributed by atoms with Gasteiger partial charge in [0, 0.05) is 0 Å². The van der Waals surface area contributed by atoms with Crippen LogP contribution in [0.4, 0.5) is 18.9 Å². The summed E-state index contributed by atoms with van der Waals surface area (Å²) in [6.45, 7) is 3.41. The monoisotopic (exact) mass is 276 g/mol. The Balaban J connectivity index is 2.98. The van der Waals surface area contributed by atoms with E-state index in [1.807, 2.05) is 0 Å². The lowest BCUT2D eigenvalue weighted by Gasteiger charge is -2.17. The molecule has 0 fully saturated rings. The number of halogens is 3. The van der Waals surface area contributed by atoms with Gasteiger partial charge in [-0.1, -0.05) is 13.8 Å². The molecule has 1 aromatic carbocycles. The Morgan fingerprint density at radius 1 is 1.37 bits per heavy atom. The average molecular weight is 276 g/mol. The highest BCUT2D eigenvalue weighted by atomic mass is 19.4. The first-order chi connectivity index (χ1) is 8.62. The minimum absolute atomic E-state index is 0.173. The van der Waals surface area contributed by atoms with E-state index in [1.54, 1.807) is 13.8 Å². The first kappa shape index (κ1) is 15.3. The third kappa shape index (κ3) is 3.85. The van der Waals surface area contributed by atoms with Crippen molar-refractivity contribution in [2.75, 3.05) is 5.32 Å². The smallest absolute Gasteiger partial charge is 0.416 e. The fraction of sp³-hybridized carbons (Fsp3) is 0.417. The highest BCUT2D eigenvalue weighted by molar-refractivity contribution is 5.96. The third-order valence-corrected chi connectivity index (χ3v) is 2.60. The van der Waals surface area contributed by atoms with Gasteiger partial charge < -0.3 is 16.2 Å². The number of benzene rings is 1. The standard InChI is InChI=1S/C12H15F3N2O2/c1-6(2)10(16)11(19)17-8-5-7(12(13,14)15)3-4-9(8)18/h3-6,10,18H,16H2,1-2H3,(H,17,19)/t10-/m1/s1. The SMILES string of the molecule is CC(C)[C@@H](N)C(=O)Nc1cc(C(F)(F)F)ccc1O. The van der Waals surface area contributed by atoms with Crippen molar-refractivity contribution in [3.05, 3.63) is 23.8 Å². The normalized spacial score (nSPS) is 13.4. The minimum Gasteiger partial charge on any atom is -0.506 e. The molecule has 0 saturated heterocycles. The van der Waals surface area contributed by atoms with Crippen LogP contribution in [0.15, 0.2) is 18.2 Å². The summed E-state index contributed by atoms with van der Waals surface area (Å²) in [5.41, 5.74) is 4.30. The molecule has 0 bridgehead atoms. The summed E-state index contributed by atoms with van der Waals surface area (Å²) < 4.78 is 37.5. The van der Waals surface area contributed by atoms with Gasteiger partial charge >= 0.3 is 6.18 Å². The van der Waals surface area contributed by atoms with Gasteiger partial charge in [-0.3, -0.25) is 4.79 Å². The molecule has 0 aliphatic heterocycles. The van der Waals surface area contributed by atoms with Crippen LogP contribution in [0.3, 0.4) is 0 Å². The third-order valence-electron chi connectivity index (χ3n) is 2.60. The van der Waals surface area contributed by atoms with Crippen LogP contribution in [0.2, 0.25) is 0 Å². The zero-order valence-corrected chi connectivity index (χ0v) is 10.5. The van der Waals surface area contributed by atoms with Crippen LogP contribution < -0.4 is 11.1 Å². The summed E-state index contributed by atoms with van der Waals surface area (Å²) in [6.07, 6.45) is -4.55. The van der Waals surface area contributed by atoms with E-state index in [1.165, 1.54) is 0 Å². The number of hydrogen-bond donors (Lipinski definition) is 3. The van der Waals surface area contributed by atoms with Crippen molar-refractivity contribution in [3.8, 4) is 5.75 Å². The quantitative estimate of drug-likeness (QED) is 0.742. The summed E-state index contributed by atoms with van der Waals surface area (Å²) in [5.74, 6) is -1.27. The molecule has 0 aliphatic carbocycles. The summed E-state index contributed by atoms with van der Waals surface area (Å²) in [5, 5.41) is 11.6. The van der Waals surface area contributed by atoms with Crippen molar-refractivity contribution in [2.45, 2.75) is 26.1 Å². The first-order valence-corrected chi connectivity index (χ1v) is 5.59. The topological polar surface area (TPSA) is 75.4 Å². The fourth-order valence-electron chi connectivity index (χ4n) is 1.33. The molecule has 4 nitrogen and oxygen atoms in total. The number of phenolic OH excluding ortho intramolecular Hbond substituents is 1. The summed E-state index contributed by atoms with van der Waals surface area (Å²) in [6, 6.07) is 1.40.